The normalized spacial score (nSPS) is 11.5. The van der Waals surface area contributed by atoms with E-state index >= 15 is 0 Å². The van der Waals surface area contributed by atoms with Gasteiger partial charge in [-0.1, -0.05) is 40.2 Å². The molecule has 126 valence electrons. The summed E-state index contributed by atoms with van der Waals surface area (Å²) in [5, 5.41) is 0. The fourth-order valence-electron chi connectivity index (χ4n) is 1.89. The molecule has 7 heteroatoms. The lowest BCUT2D eigenvalue weighted by molar-refractivity contribution is -0.132. The van der Waals surface area contributed by atoms with Crippen LogP contribution in [-0.2, 0) is 16.0 Å². The lowest BCUT2D eigenvalue weighted by atomic mass is 10.1. The number of halogens is 2. The van der Waals surface area contributed by atoms with Crippen LogP contribution in [0, 0.1) is 5.82 Å². The molecule has 2 amide bonds. The van der Waals surface area contributed by atoms with Crippen LogP contribution in [0.3, 0.4) is 0 Å². The molecule has 0 spiro atoms. The Labute approximate surface area is 147 Å². The minimum atomic E-state index is -0.812. The van der Waals surface area contributed by atoms with Gasteiger partial charge < -0.3 is 4.74 Å². The molecule has 0 aliphatic rings. The third-order valence-corrected chi connectivity index (χ3v) is 3.61. The number of benzene rings is 2. The largest absolute Gasteiger partial charge is 0.481 e. The Kier molecular flexibility index (Phi) is 6.31. The third kappa shape index (κ3) is 5.34. The molecule has 2 rings (SSSR count). The standard InChI is InChI=1S/C17H16BrFN2O3/c1-11(24-14-7-4-6-13(18)10-14)17(23)21-20-16(22)9-12-5-2-3-8-15(12)19/h2-8,10-11H,9H2,1H3,(H,20,22)(H,21,23). The quantitative estimate of drug-likeness (QED) is 0.766. The van der Waals surface area contributed by atoms with E-state index in [1.807, 2.05) is 6.07 Å². The first-order valence-electron chi connectivity index (χ1n) is 7.20. The van der Waals surface area contributed by atoms with Gasteiger partial charge in [0.25, 0.3) is 5.91 Å². The fraction of sp³-hybridized carbons (Fsp3) is 0.176. The minimum Gasteiger partial charge on any atom is -0.481 e. The Bertz CT molecular complexity index is 739. The molecule has 0 aliphatic heterocycles. The molecule has 24 heavy (non-hydrogen) atoms. The number of rotatable bonds is 5. The first-order valence-corrected chi connectivity index (χ1v) is 7.99. The molecule has 0 saturated heterocycles. The molecule has 1 atom stereocenters. The van der Waals surface area contributed by atoms with Gasteiger partial charge in [0.15, 0.2) is 6.10 Å². The molecule has 0 aliphatic carbocycles. The molecule has 0 saturated carbocycles. The van der Waals surface area contributed by atoms with Crippen molar-refractivity contribution in [2.45, 2.75) is 19.4 Å². The molecule has 0 aromatic heterocycles. The van der Waals surface area contributed by atoms with Crippen molar-refractivity contribution in [3.8, 4) is 5.75 Å². The molecule has 0 heterocycles. The predicted octanol–water partition coefficient (Wildman–Crippen LogP) is 2.75. The summed E-state index contributed by atoms with van der Waals surface area (Å²) >= 11 is 3.31. The molecule has 2 aromatic carbocycles. The summed E-state index contributed by atoms with van der Waals surface area (Å²) < 4.78 is 19.8. The van der Waals surface area contributed by atoms with Crippen molar-refractivity contribution in [3.63, 3.8) is 0 Å². The summed E-state index contributed by atoms with van der Waals surface area (Å²) in [5.41, 5.74) is 4.75. The van der Waals surface area contributed by atoms with E-state index in [0.717, 1.165) is 4.47 Å². The van der Waals surface area contributed by atoms with E-state index in [4.69, 9.17) is 4.74 Å². The van der Waals surface area contributed by atoms with E-state index in [2.05, 4.69) is 26.8 Å². The highest BCUT2D eigenvalue weighted by molar-refractivity contribution is 9.10. The lowest BCUT2D eigenvalue weighted by Crippen LogP contribution is -2.47. The molecule has 0 fully saturated rings. The number of hydrogen-bond donors (Lipinski definition) is 2. The molecule has 1 unspecified atom stereocenters. The van der Waals surface area contributed by atoms with Gasteiger partial charge in [0.2, 0.25) is 5.91 Å². The maximum atomic E-state index is 13.5. The van der Waals surface area contributed by atoms with Crippen molar-refractivity contribution < 1.29 is 18.7 Å². The summed E-state index contributed by atoms with van der Waals surface area (Å²) in [7, 11) is 0. The van der Waals surface area contributed by atoms with Crippen LogP contribution in [-0.4, -0.2) is 17.9 Å². The van der Waals surface area contributed by atoms with Gasteiger partial charge in [-0.3, -0.25) is 20.4 Å². The molecular formula is C17H16BrFN2O3. The average molecular weight is 395 g/mol. The predicted molar refractivity (Wildman–Crippen MR) is 90.6 cm³/mol. The zero-order valence-corrected chi connectivity index (χ0v) is 14.5. The van der Waals surface area contributed by atoms with Crippen LogP contribution in [0.5, 0.6) is 5.75 Å². The summed E-state index contributed by atoms with van der Waals surface area (Å²) in [6, 6.07) is 13.0. The van der Waals surface area contributed by atoms with E-state index < -0.39 is 23.7 Å². The summed E-state index contributed by atoms with van der Waals surface area (Å²) in [6.45, 7) is 1.55. The number of hydrazine groups is 1. The maximum absolute atomic E-state index is 13.5. The smallest absolute Gasteiger partial charge is 0.279 e. The zero-order valence-electron chi connectivity index (χ0n) is 12.9. The van der Waals surface area contributed by atoms with E-state index in [9.17, 15) is 14.0 Å². The number of ether oxygens (including phenoxy) is 1. The van der Waals surface area contributed by atoms with Crippen molar-refractivity contribution in [1.82, 2.24) is 10.9 Å². The summed E-state index contributed by atoms with van der Waals surface area (Å²) in [4.78, 5) is 23.7. The second-order valence-corrected chi connectivity index (χ2v) is 5.94. The Balaban J connectivity index is 1.81. The molecular weight excluding hydrogens is 379 g/mol. The van der Waals surface area contributed by atoms with Gasteiger partial charge in [-0.15, -0.1) is 0 Å². The second-order valence-electron chi connectivity index (χ2n) is 5.02. The van der Waals surface area contributed by atoms with Crippen LogP contribution >= 0.6 is 15.9 Å². The van der Waals surface area contributed by atoms with Crippen molar-refractivity contribution in [2.24, 2.45) is 0 Å². The number of hydrogen-bond acceptors (Lipinski definition) is 3. The second kappa shape index (κ2) is 8.44. The first kappa shape index (κ1) is 17.9. The maximum Gasteiger partial charge on any atom is 0.279 e. The van der Waals surface area contributed by atoms with Crippen LogP contribution < -0.4 is 15.6 Å². The van der Waals surface area contributed by atoms with Gasteiger partial charge in [-0.2, -0.15) is 0 Å². The van der Waals surface area contributed by atoms with Gasteiger partial charge in [-0.25, -0.2) is 4.39 Å². The van der Waals surface area contributed by atoms with Gasteiger partial charge >= 0.3 is 0 Å². The monoisotopic (exact) mass is 394 g/mol. The Hall–Kier alpha value is -2.41. The fourth-order valence-corrected chi connectivity index (χ4v) is 2.27. The number of carbonyl (C=O) groups excluding carboxylic acids is 2. The van der Waals surface area contributed by atoms with Crippen LogP contribution in [0.1, 0.15) is 12.5 Å². The van der Waals surface area contributed by atoms with Crippen molar-refractivity contribution in [3.05, 3.63) is 64.4 Å². The lowest BCUT2D eigenvalue weighted by Gasteiger charge is -2.15. The average Bonchev–Trinajstić information content (AvgIpc) is 2.54. The Morgan fingerprint density at radius 1 is 1.17 bits per heavy atom. The van der Waals surface area contributed by atoms with Crippen LogP contribution in [0.2, 0.25) is 0 Å². The highest BCUT2D eigenvalue weighted by atomic mass is 79.9. The number of carbonyl (C=O) groups is 2. The van der Waals surface area contributed by atoms with Gasteiger partial charge in [-0.05, 0) is 36.8 Å². The van der Waals surface area contributed by atoms with Crippen LogP contribution in [0.25, 0.3) is 0 Å². The van der Waals surface area contributed by atoms with Crippen LogP contribution in [0.4, 0.5) is 4.39 Å². The van der Waals surface area contributed by atoms with E-state index in [0.29, 0.717) is 5.75 Å². The molecule has 0 radical (unpaired) electrons. The van der Waals surface area contributed by atoms with Gasteiger partial charge in [0.05, 0.1) is 6.42 Å². The van der Waals surface area contributed by atoms with E-state index in [-0.39, 0.29) is 12.0 Å². The summed E-state index contributed by atoms with van der Waals surface area (Å²) in [5.74, 6) is -0.991. The molecule has 2 aromatic rings. The van der Waals surface area contributed by atoms with E-state index in [1.165, 1.54) is 12.1 Å². The zero-order chi connectivity index (χ0) is 17.5. The first-order chi connectivity index (χ1) is 11.5. The molecule has 2 N–H and O–H groups in total. The Morgan fingerprint density at radius 2 is 1.92 bits per heavy atom. The highest BCUT2D eigenvalue weighted by Crippen LogP contribution is 2.18. The van der Waals surface area contributed by atoms with Crippen LogP contribution in [0.15, 0.2) is 53.0 Å². The Morgan fingerprint density at radius 3 is 2.62 bits per heavy atom. The molecule has 5 nitrogen and oxygen atoms in total. The minimum absolute atomic E-state index is 0.173. The van der Waals surface area contributed by atoms with Gasteiger partial charge in [0.1, 0.15) is 11.6 Å². The third-order valence-electron chi connectivity index (χ3n) is 3.11. The SMILES string of the molecule is CC(Oc1cccc(Br)c1)C(=O)NNC(=O)Cc1ccccc1F. The van der Waals surface area contributed by atoms with Crippen molar-refractivity contribution >= 4 is 27.7 Å². The highest BCUT2D eigenvalue weighted by Gasteiger charge is 2.16. The number of nitrogens with one attached hydrogen (secondary N) is 2. The van der Waals surface area contributed by atoms with Gasteiger partial charge in [0, 0.05) is 4.47 Å². The van der Waals surface area contributed by atoms with Crippen molar-refractivity contribution in [2.75, 3.05) is 0 Å². The van der Waals surface area contributed by atoms with E-state index in [1.54, 1.807) is 37.3 Å². The summed E-state index contributed by atoms with van der Waals surface area (Å²) in [6.07, 6.45) is -0.985. The topological polar surface area (TPSA) is 67.4 Å². The number of amides is 2. The van der Waals surface area contributed by atoms with Crippen molar-refractivity contribution in [1.29, 1.82) is 0 Å². The molecule has 0 bridgehead atoms.